The van der Waals surface area contributed by atoms with Crippen LogP contribution in [0.4, 0.5) is 13.2 Å². The van der Waals surface area contributed by atoms with Gasteiger partial charge in [0.2, 0.25) is 5.91 Å². The summed E-state index contributed by atoms with van der Waals surface area (Å²) in [4.78, 5) is 10.2. The van der Waals surface area contributed by atoms with Crippen LogP contribution in [0.5, 0.6) is 0 Å². The van der Waals surface area contributed by atoms with E-state index in [1.54, 1.807) is 0 Å². The predicted molar refractivity (Wildman–Crippen MR) is 66.6 cm³/mol. The Morgan fingerprint density at radius 2 is 2.00 bits per heavy atom. The summed E-state index contributed by atoms with van der Waals surface area (Å²) in [6.45, 7) is 3.05. The summed E-state index contributed by atoms with van der Waals surface area (Å²) in [6, 6.07) is 2.81. The monoisotopic (exact) mass is 307 g/mol. The van der Waals surface area contributed by atoms with Gasteiger partial charge in [-0.1, -0.05) is 12.6 Å². The van der Waals surface area contributed by atoms with E-state index in [0.717, 1.165) is 12.1 Å². The number of benzene rings is 1. The first-order valence-electron chi connectivity index (χ1n) is 5.36. The quantitative estimate of drug-likeness (QED) is 0.864. The van der Waals surface area contributed by atoms with Gasteiger partial charge in [-0.3, -0.25) is 4.79 Å². The number of sulfone groups is 1. The minimum atomic E-state index is -4.79. The molecule has 0 unspecified atom stereocenters. The second kappa shape index (κ2) is 5.66. The van der Waals surface area contributed by atoms with Gasteiger partial charge in [-0.25, -0.2) is 8.42 Å². The first kappa shape index (κ1) is 16.2. The Morgan fingerprint density at radius 3 is 2.45 bits per heavy atom. The van der Waals surface area contributed by atoms with Gasteiger partial charge in [0.25, 0.3) is 0 Å². The SMILES string of the molecule is C=CC(=O)NCc1ccc(S(C)(=O)=O)c(C(F)(F)F)c1. The lowest BCUT2D eigenvalue weighted by Gasteiger charge is -2.13. The smallest absolute Gasteiger partial charge is 0.348 e. The third kappa shape index (κ3) is 4.09. The van der Waals surface area contributed by atoms with Gasteiger partial charge in [-0.15, -0.1) is 0 Å². The molecule has 0 bridgehead atoms. The number of carbonyl (C=O) groups is 1. The van der Waals surface area contributed by atoms with Gasteiger partial charge in [-0.2, -0.15) is 13.2 Å². The Kier molecular flexibility index (Phi) is 4.59. The number of halogens is 3. The van der Waals surface area contributed by atoms with Crippen LogP contribution in [0.1, 0.15) is 11.1 Å². The molecule has 1 aromatic rings. The lowest BCUT2D eigenvalue weighted by molar-refractivity contribution is -0.139. The summed E-state index contributed by atoms with van der Waals surface area (Å²) in [5, 5.41) is 2.31. The Hall–Kier alpha value is -1.83. The molecule has 0 aliphatic rings. The molecule has 0 heterocycles. The summed E-state index contributed by atoms with van der Waals surface area (Å²) in [6.07, 6.45) is -3.11. The van der Waals surface area contributed by atoms with Crippen molar-refractivity contribution in [3.05, 3.63) is 42.0 Å². The molecule has 1 amide bonds. The van der Waals surface area contributed by atoms with E-state index >= 15 is 0 Å². The highest BCUT2D eigenvalue weighted by Crippen LogP contribution is 2.34. The normalized spacial score (nSPS) is 12.0. The zero-order valence-corrected chi connectivity index (χ0v) is 11.3. The van der Waals surface area contributed by atoms with Crippen LogP contribution in [-0.2, 0) is 27.4 Å². The van der Waals surface area contributed by atoms with Crippen molar-refractivity contribution in [1.82, 2.24) is 5.32 Å². The van der Waals surface area contributed by atoms with Crippen molar-refractivity contribution in [1.29, 1.82) is 0 Å². The molecule has 20 heavy (non-hydrogen) atoms. The maximum atomic E-state index is 12.9. The molecule has 0 fully saturated rings. The predicted octanol–water partition coefficient (Wildman–Crippen LogP) is 1.91. The van der Waals surface area contributed by atoms with Gasteiger partial charge in [0.15, 0.2) is 9.84 Å². The number of alkyl halides is 3. The molecule has 4 nitrogen and oxygen atoms in total. The van der Waals surface area contributed by atoms with E-state index < -0.39 is 32.4 Å². The van der Waals surface area contributed by atoms with Crippen LogP contribution < -0.4 is 5.32 Å². The number of carbonyl (C=O) groups excluding carboxylic acids is 1. The zero-order chi connectivity index (χ0) is 15.6. The lowest BCUT2D eigenvalue weighted by Crippen LogP contribution is -2.21. The molecule has 0 aromatic heterocycles. The fourth-order valence-electron chi connectivity index (χ4n) is 1.49. The van der Waals surface area contributed by atoms with Crippen molar-refractivity contribution < 1.29 is 26.4 Å². The van der Waals surface area contributed by atoms with E-state index in [1.807, 2.05) is 0 Å². The molecular weight excluding hydrogens is 295 g/mol. The summed E-state index contributed by atoms with van der Waals surface area (Å²) in [5.74, 6) is -0.536. The molecule has 8 heteroatoms. The standard InChI is InChI=1S/C12H12F3NO3S/c1-3-11(17)16-7-8-4-5-10(20(2,18)19)9(6-8)12(13,14)15/h3-6H,1,7H2,2H3,(H,16,17). The van der Waals surface area contributed by atoms with E-state index in [4.69, 9.17) is 0 Å². The highest BCUT2D eigenvalue weighted by molar-refractivity contribution is 7.90. The zero-order valence-electron chi connectivity index (χ0n) is 10.5. The van der Waals surface area contributed by atoms with E-state index in [1.165, 1.54) is 6.07 Å². The molecule has 0 saturated heterocycles. The van der Waals surface area contributed by atoms with Gasteiger partial charge in [0.1, 0.15) is 0 Å². The molecule has 0 spiro atoms. The number of rotatable bonds is 4. The molecule has 1 rings (SSSR count). The summed E-state index contributed by atoms with van der Waals surface area (Å²) < 4.78 is 61.2. The highest BCUT2D eigenvalue weighted by Gasteiger charge is 2.36. The van der Waals surface area contributed by atoms with Gasteiger partial charge in [0.05, 0.1) is 10.5 Å². The topological polar surface area (TPSA) is 63.2 Å². The van der Waals surface area contributed by atoms with Crippen LogP contribution in [0.15, 0.2) is 35.7 Å². The van der Waals surface area contributed by atoms with E-state index in [-0.39, 0.29) is 12.1 Å². The maximum absolute atomic E-state index is 12.9. The van der Waals surface area contributed by atoms with Crippen LogP contribution in [0, 0.1) is 0 Å². The highest BCUT2D eigenvalue weighted by atomic mass is 32.2. The van der Waals surface area contributed by atoms with E-state index in [0.29, 0.717) is 12.3 Å². The lowest BCUT2D eigenvalue weighted by atomic mass is 10.1. The summed E-state index contributed by atoms with van der Waals surface area (Å²) in [5.41, 5.74) is -1.11. The van der Waals surface area contributed by atoms with E-state index in [9.17, 15) is 26.4 Å². The summed E-state index contributed by atoms with van der Waals surface area (Å²) >= 11 is 0. The number of hydrogen-bond acceptors (Lipinski definition) is 3. The molecule has 0 aliphatic carbocycles. The van der Waals surface area contributed by atoms with Gasteiger partial charge >= 0.3 is 6.18 Å². The van der Waals surface area contributed by atoms with Crippen LogP contribution in [0.25, 0.3) is 0 Å². The molecule has 0 aliphatic heterocycles. The fourth-order valence-corrected chi connectivity index (χ4v) is 2.38. The largest absolute Gasteiger partial charge is 0.417 e. The first-order valence-corrected chi connectivity index (χ1v) is 7.25. The Bertz CT molecular complexity index is 636. The van der Waals surface area contributed by atoms with Crippen LogP contribution >= 0.6 is 0 Å². The van der Waals surface area contributed by atoms with Crippen LogP contribution in [0.3, 0.4) is 0 Å². The van der Waals surface area contributed by atoms with Crippen LogP contribution in [0.2, 0.25) is 0 Å². The van der Waals surface area contributed by atoms with Crippen molar-refractivity contribution >= 4 is 15.7 Å². The Morgan fingerprint density at radius 1 is 1.40 bits per heavy atom. The molecule has 0 atom stereocenters. The third-order valence-corrected chi connectivity index (χ3v) is 3.56. The fraction of sp³-hybridized carbons (Fsp3) is 0.250. The molecule has 0 saturated carbocycles. The first-order chi connectivity index (χ1) is 9.05. The van der Waals surface area contributed by atoms with Crippen molar-refractivity contribution in [2.75, 3.05) is 6.26 Å². The number of hydrogen-bond donors (Lipinski definition) is 1. The molecule has 1 N–H and O–H groups in total. The molecular formula is C12H12F3NO3S. The van der Waals surface area contributed by atoms with Crippen molar-refractivity contribution in [3.8, 4) is 0 Å². The minimum absolute atomic E-state index is 0.139. The number of nitrogens with one attached hydrogen (secondary N) is 1. The Balaban J connectivity index is 3.22. The Labute approximate surface area is 114 Å². The van der Waals surface area contributed by atoms with Crippen molar-refractivity contribution in [2.45, 2.75) is 17.6 Å². The number of amides is 1. The molecule has 1 aromatic carbocycles. The molecule has 0 radical (unpaired) electrons. The summed E-state index contributed by atoms with van der Waals surface area (Å²) in [7, 11) is -3.99. The van der Waals surface area contributed by atoms with Gasteiger partial charge in [0, 0.05) is 12.8 Å². The maximum Gasteiger partial charge on any atom is 0.417 e. The third-order valence-electron chi connectivity index (χ3n) is 2.40. The van der Waals surface area contributed by atoms with Gasteiger partial charge in [-0.05, 0) is 23.8 Å². The van der Waals surface area contributed by atoms with Crippen LogP contribution in [-0.4, -0.2) is 20.6 Å². The second-order valence-corrected chi connectivity index (χ2v) is 6.01. The average molecular weight is 307 g/mol. The van der Waals surface area contributed by atoms with Crippen molar-refractivity contribution in [2.24, 2.45) is 0 Å². The minimum Gasteiger partial charge on any atom is -0.348 e. The second-order valence-electron chi connectivity index (χ2n) is 4.02. The van der Waals surface area contributed by atoms with Gasteiger partial charge < -0.3 is 5.32 Å². The van der Waals surface area contributed by atoms with Crippen molar-refractivity contribution in [3.63, 3.8) is 0 Å². The van der Waals surface area contributed by atoms with E-state index in [2.05, 4.69) is 11.9 Å². The average Bonchev–Trinajstić information content (AvgIpc) is 2.33. The molecule has 110 valence electrons.